The van der Waals surface area contributed by atoms with Crippen molar-refractivity contribution in [1.29, 1.82) is 0 Å². The summed E-state index contributed by atoms with van der Waals surface area (Å²) in [7, 11) is 0. The molecule has 0 aromatic heterocycles. The van der Waals surface area contributed by atoms with Crippen molar-refractivity contribution in [2.45, 2.75) is 77.6 Å². The molecule has 4 nitrogen and oxygen atoms in total. The third-order valence-corrected chi connectivity index (χ3v) is 4.48. The molecule has 1 aliphatic heterocycles. The maximum Gasteiger partial charge on any atom is 0.124 e. The lowest BCUT2D eigenvalue weighted by Gasteiger charge is -2.43. The number of rotatable bonds is 7. The van der Waals surface area contributed by atoms with Crippen molar-refractivity contribution in [3.05, 3.63) is 0 Å². The molecule has 114 valence electrons. The summed E-state index contributed by atoms with van der Waals surface area (Å²) in [5.74, 6) is 0.876. The average Bonchev–Trinajstić information content (AvgIpc) is 2.43. The maximum atomic E-state index is 9.77. The molecule has 0 spiro atoms. The molecule has 0 aromatic rings. The molecule has 0 unspecified atom stereocenters. The smallest absolute Gasteiger partial charge is 0.124 e. The first-order chi connectivity index (χ1) is 8.99. The first kappa shape index (κ1) is 16.9. The molecule has 0 aromatic carbocycles. The van der Waals surface area contributed by atoms with Gasteiger partial charge in [0.2, 0.25) is 0 Å². The Morgan fingerprint density at radius 3 is 2.37 bits per heavy atom. The van der Waals surface area contributed by atoms with Gasteiger partial charge in [-0.2, -0.15) is 0 Å². The third kappa shape index (κ3) is 4.42. The Labute approximate surface area is 117 Å². The van der Waals surface area contributed by atoms with Gasteiger partial charge in [0.15, 0.2) is 0 Å². The lowest BCUT2D eigenvalue weighted by atomic mass is 9.78. The molecule has 0 saturated carbocycles. The molecule has 4 heteroatoms. The maximum absolute atomic E-state index is 9.77. The van der Waals surface area contributed by atoms with Gasteiger partial charge in [0.1, 0.15) is 17.8 Å². The summed E-state index contributed by atoms with van der Waals surface area (Å²) < 4.78 is 0. The number of hydrogen-bond donors (Lipinski definition) is 2. The molecule has 0 radical (unpaired) electrons. The van der Waals surface area contributed by atoms with Crippen molar-refractivity contribution in [2.75, 3.05) is 6.61 Å². The van der Waals surface area contributed by atoms with Crippen LogP contribution < -0.4 is 0 Å². The van der Waals surface area contributed by atoms with E-state index >= 15 is 0 Å². The summed E-state index contributed by atoms with van der Waals surface area (Å²) in [4.78, 5) is 11.0. The van der Waals surface area contributed by atoms with Crippen LogP contribution in [0, 0.1) is 11.8 Å². The normalized spacial score (nSPS) is 33.6. The summed E-state index contributed by atoms with van der Waals surface area (Å²) in [5, 5.41) is 18.8. The first-order valence-corrected chi connectivity index (χ1v) is 7.63. The number of aliphatic hydroxyl groups is 2. The minimum atomic E-state index is -0.859. The van der Waals surface area contributed by atoms with Crippen LogP contribution in [0.15, 0.2) is 0 Å². The van der Waals surface area contributed by atoms with E-state index in [0.29, 0.717) is 5.92 Å². The number of aliphatic hydroxyl groups excluding tert-OH is 2. The lowest BCUT2D eigenvalue weighted by Crippen LogP contribution is -2.49. The Morgan fingerprint density at radius 2 is 1.89 bits per heavy atom. The first-order valence-electron chi connectivity index (χ1n) is 7.63. The quantitative estimate of drug-likeness (QED) is 0.701. The largest absolute Gasteiger partial charge is 0.394 e. The van der Waals surface area contributed by atoms with Gasteiger partial charge in [0, 0.05) is 0 Å². The molecule has 1 heterocycles. The summed E-state index contributed by atoms with van der Waals surface area (Å²) >= 11 is 0. The molecule has 2 N–H and O–H groups in total. The summed E-state index contributed by atoms with van der Waals surface area (Å²) in [6.07, 6.45) is 3.81. The Hall–Kier alpha value is -0.160. The standard InChI is InChI=1S/C15H30O4/c1-5-11(6-2)8-15(4)9-12(7-3)14(18-19-15)13(17)10-16/h11-14,16-17H,5-10H2,1-4H3/t12-,13-,14+,15+/m1/s1. The summed E-state index contributed by atoms with van der Waals surface area (Å²) in [5.41, 5.74) is -0.275. The van der Waals surface area contributed by atoms with Crippen LogP contribution in [0.5, 0.6) is 0 Å². The van der Waals surface area contributed by atoms with Gasteiger partial charge in [-0.1, -0.05) is 40.0 Å². The van der Waals surface area contributed by atoms with E-state index in [-0.39, 0.29) is 18.1 Å². The van der Waals surface area contributed by atoms with E-state index in [1.807, 2.05) is 0 Å². The minimum absolute atomic E-state index is 0.232. The fraction of sp³-hybridized carbons (Fsp3) is 1.00. The van der Waals surface area contributed by atoms with Crippen LogP contribution in [0.3, 0.4) is 0 Å². The SMILES string of the molecule is CCC(CC)C[C@@]1(C)C[C@@H](CC)[C@@H]([C@H](O)CO)OO1. The van der Waals surface area contributed by atoms with Crippen molar-refractivity contribution in [2.24, 2.45) is 11.8 Å². The second-order valence-electron chi connectivity index (χ2n) is 6.10. The van der Waals surface area contributed by atoms with Gasteiger partial charge in [-0.3, -0.25) is 0 Å². The molecule has 1 saturated heterocycles. The highest BCUT2D eigenvalue weighted by Crippen LogP contribution is 2.39. The average molecular weight is 274 g/mol. The predicted molar refractivity (Wildman–Crippen MR) is 74.5 cm³/mol. The minimum Gasteiger partial charge on any atom is -0.394 e. The summed E-state index contributed by atoms with van der Waals surface area (Å²) in [6.45, 7) is 8.31. The van der Waals surface area contributed by atoms with E-state index in [0.717, 1.165) is 32.1 Å². The highest BCUT2D eigenvalue weighted by molar-refractivity contribution is 4.88. The van der Waals surface area contributed by atoms with Gasteiger partial charge in [0.25, 0.3) is 0 Å². The van der Waals surface area contributed by atoms with Gasteiger partial charge in [-0.05, 0) is 31.6 Å². The number of hydrogen-bond acceptors (Lipinski definition) is 4. The molecular formula is C15H30O4. The van der Waals surface area contributed by atoms with Gasteiger partial charge in [-0.25, -0.2) is 9.78 Å². The second kappa shape index (κ2) is 7.58. The molecule has 0 amide bonds. The van der Waals surface area contributed by atoms with Crippen molar-refractivity contribution < 1.29 is 20.0 Å². The fourth-order valence-corrected chi connectivity index (χ4v) is 3.12. The van der Waals surface area contributed by atoms with E-state index in [1.54, 1.807) is 0 Å². The van der Waals surface area contributed by atoms with Crippen molar-refractivity contribution in [3.8, 4) is 0 Å². The molecule has 1 rings (SSSR count). The van der Waals surface area contributed by atoms with Crippen LogP contribution in [-0.4, -0.2) is 34.6 Å². The predicted octanol–water partition coefficient (Wildman–Crippen LogP) is 2.67. The van der Waals surface area contributed by atoms with Crippen LogP contribution in [0.25, 0.3) is 0 Å². The van der Waals surface area contributed by atoms with Gasteiger partial charge in [-0.15, -0.1) is 0 Å². The molecule has 0 bridgehead atoms. The van der Waals surface area contributed by atoms with E-state index < -0.39 is 12.2 Å². The fourth-order valence-electron chi connectivity index (χ4n) is 3.12. The Kier molecular flexibility index (Phi) is 6.74. The Morgan fingerprint density at radius 1 is 1.26 bits per heavy atom. The molecule has 1 fully saturated rings. The zero-order valence-corrected chi connectivity index (χ0v) is 12.8. The highest BCUT2D eigenvalue weighted by Gasteiger charge is 2.43. The van der Waals surface area contributed by atoms with Crippen molar-refractivity contribution in [1.82, 2.24) is 0 Å². The third-order valence-electron chi connectivity index (χ3n) is 4.48. The van der Waals surface area contributed by atoms with E-state index in [2.05, 4.69) is 27.7 Å². The van der Waals surface area contributed by atoms with E-state index in [1.165, 1.54) is 0 Å². The molecule has 0 aliphatic carbocycles. The lowest BCUT2D eigenvalue weighted by molar-refractivity contribution is -0.430. The van der Waals surface area contributed by atoms with Crippen LogP contribution >= 0.6 is 0 Å². The van der Waals surface area contributed by atoms with Crippen molar-refractivity contribution >= 4 is 0 Å². The monoisotopic (exact) mass is 274 g/mol. The molecular weight excluding hydrogens is 244 g/mol. The highest BCUT2D eigenvalue weighted by atomic mass is 17.2. The topological polar surface area (TPSA) is 58.9 Å². The van der Waals surface area contributed by atoms with Gasteiger partial charge >= 0.3 is 0 Å². The summed E-state index contributed by atoms with van der Waals surface area (Å²) in [6, 6.07) is 0. The van der Waals surface area contributed by atoms with E-state index in [9.17, 15) is 5.11 Å². The molecule has 1 aliphatic rings. The Balaban J connectivity index is 2.66. The second-order valence-corrected chi connectivity index (χ2v) is 6.10. The van der Waals surface area contributed by atoms with Crippen LogP contribution in [-0.2, 0) is 9.78 Å². The Bertz CT molecular complexity index is 255. The van der Waals surface area contributed by atoms with Crippen LogP contribution in [0.1, 0.15) is 59.8 Å². The van der Waals surface area contributed by atoms with Gasteiger partial charge in [0.05, 0.1) is 6.61 Å². The van der Waals surface area contributed by atoms with Crippen molar-refractivity contribution in [3.63, 3.8) is 0 Å². The van der Waals surface area contributed by atoms with Crippen LogP contribution in [0.2, 0.25) is 0 Å². The molecule has 4 atom stereocenters. The zero-order chi connectivity index (χ0) is 14.5. The van der Waals surface area contributed by atoms with Crippen LogP contribution in [0.4, 0.5) is 0 Å². The molecule has 19 heavy (non-hydrogen) atoms. The van der Waals surface area contributed by atoms with E-state index in [4.69, 9.17) is 14.9 Å². The van der Waals surface area contributed by atoms with Gasteiger partial charge < -0.3 is 10.2 Å². The zero-order valence-electron chi connectivity index (χ0n) is 12.8.